The Morgan fingerprint density at radius 3 is 2.29 bits per heavy atom. The molecule has 0 aromatic carbocycles. The summed E-state index contributed by atoms with van der Waals surface area (Å²) in [6.45, 7) is 10.3. The van der Waals surface area contributed by atoms with Gasteiger partial charge in [0, 0.05) is 31.7 Å². The molecule has 17 heavy (non-hydrogen) atoms. The monoisotopic (exact) mass is 240 g/mol. The number of ether oxygens (including phenoxy) is 1. The van der Waals surface area contributed by atoms with Crippen LogP contribution in [0.5, 0.6) is 0 Å². The normalized spacial score (nSPS) is 31.1. The molecule has 2 fully saturated rings. The first-order valence-electron chi connectivity index (χ1n) is 7.35. The maximum absolute atomic E-state index is 5.88. The fourth-order valence-electron chi connectivity index (χ4n) is 3.05. The van der Waals surface area contributed by atoms with Crippen molar-refractivity contribution >= 4 is 0 Å². The lowest BCUT2D eigenvalue weighted by molar-refractivity contribution is -0.0503. The average molecular weight is 240 g/mol. The first kappa shape index (κ1) is 13.3. The number of likely N-dealkylation sites (tertiary alicyclic amines) is 1. The van der Waals surface area contributed by atoms with Gasteiger partial charge >= 0.3 is 0 Å². The number of hydrogen-bond acceptors (Lipinski definition) is 3. The summed E-state index contributed by atoms with van der Waals surface area (Å²) in [7, 11) is 0. The smallest absolute Gasteiger partial charge is 0.0707 e. The molecule has 2 aliphatic rings. The maximum atomic E-state index is 5.88. The molecule has 0 aromatic rings. The van der Waals surface area contributed by atoms with E-state index in [4.69, 9.17) is 4.74 Å². The number of morpholine rings is 1. The summed E-state index contributed by atoms with van der Waals surface area (Å²) in [4.78, 5) is 2.61. The minimum Gasteiger partial charge on any atom is -0.372 e. The van der Waals surface area contributed by atoms with Crippen LogP contribution in [0.15, 0.2) is 0 Å². The zero-order chi connectivity index (χ0) is 12.3. The zero-order valence-corrected chi connectivity index (χ0v) is 11.6. The Morgan fingerprint density at radius 2 is 1.76 bits per heavy atom. The Kier molecular flexibility index (Phi) is 4.83. The fourth-order valence-corrected chi connectivity index (χ4v) is 3.05. The van der Waals surface area contributed by atoms with Gasteiger partial charge in [-0.25, -0.2) is 0 Å². The highest BCUT2D eigenvalue weighted by atomic mass is 16.5. The Labute approximate surface area is 106 Å². The first-order chi connectivity index (χ1) is 8.22. The molecule has 0 radical (unpaired) electrons. The third-order valence-corrected chi connectivity index (χ3v) is 4.38. The van der Waals surface area contributed by atoms with E-state index in [9.17, 15) is 0 Å². The average Bonchev–Trinajstić information content (AvgIpc) is 2.69. The largest absolute Gasteiger partial charge is 0.372 e. The number of nitrogens with one attached hydrogen (secondary N) is 1. The van der Waals surface area contributed by atoms with Gasteiger partial charge in [-0.2, -0.15) is 0 Å². The molecule has 3 heteroatoms. The Hall–Kier alpha value is -0.120. The highest BCUT2D eigenvalue weighted by Gasteiger charge is 2.35. The van der Waals surface area contributed by atoms with Crippen molar-refractivity contribution < 1.29 is 4.74 Å². The van der Waals surface area contributed by atoms with E-state index in [-0.39, 0.29) is 0 Å². The summed E-state index contributed by atoms with van der Waals surface area (Å²) >= 11 is 0. The highest BCUT2D eigenvalue weighted by molar-refractivity contribution is 4.87. The summed E-state index contributed by atoms with van der Waals surface area (Å²) < 4.78 is 5.88. The highest BCUT2D eigenvalue weighted by Crippen LogP contribution is 2.27. The molecule has 0 aromatic heterocycles. The van der Waals surface area contributed by atoms with Crippen LogP contribution in [0, 0.1) is 0 Å². The summed E-state index contributed by atoms with van der Waals surface area (Å²) in [5.74, 6) is 0. The number of rotatable bonds is 6. The van der Waals surface area contributed by atoms with Gasteiger partial charge in [0.15, 0.2) is 0 Å². The fraction of sp³-hybridized carbons (Fsp3) is 1.00. The summed E-state index contributed by atoms with van der Waals surface area (Å²) in [5, 5.41) is 3.68. The second-order valence-electron chi connectivity index (χ2n) is 5.68. The van der Waals surface area contributed by atoms with Crippen LogP contribution in [0.1, 0.15) is 46.5 Å². The molecule has 0 aliphatic carbocycles. The topological polar surface area (TPSA) is 24.5 Å². The Balaban J connectivity index is 1.74. The van der Waals surface area contributed by atoms with E-state index in [1.165, 1.54) is 25.7 Å². The van der Waals surface area contributed by atoms with E-state index in [1.54, 1.807) is 0 Å². The van der Waals surface area contributed by atoms with Crippen molar-refractivity contribution in [3.63, 3.8) is 0 Å². The van der Waals surface area contributed by atoms with Crippen molar-refractivity contribution in [3.05, 3.63) is 0 Å². The molecular weight excluding hydrogens is 212 g/mol. The minimum atomic E-state index is 0.518. The SMILES string of the molecule is CCC(CC)NCC(C)N1CC2CCC(C1)O2. The molecule has 3 unspecified atom stereocenters. The minimum absolute atomic E-state index is 0.518. The lowest BCUT2D eigenvalue weighted by Gasteiger charge is -2.37. The molecule has 2 saturated heterocycles. The number of fused-ring (bicyclic) bond motifs is 2. The zero-order valence-electron chi connectivity index (χ0n) is 11.6. The third kappa shape index (κ3) is 3.43. The van der Waals surface area contributed by atoms with Gasteiger partial charge in [-0.1, -0.05) is 13.8 Å². The van der Waals surface area contributed by atoms with Crippen molar-refractivity contribution in [3.8, 4) is 0 Å². The molecule has 2 bridgehead atoms. The predicted molar refractivity (Wildman–Crippen MR) is 71.3 cm³/mol. The summed E-state index contributed by atoms with van der Waals surface area (Å²) in [6, 6.07) is 1.33. The lowest BCUT2D eigenvalue weighted by atomic mass is 10.1. The van der Waals surface area contributed by atoms with Gasteiger partial charge in [-0.05, 0) is 32.6 Å². The molecule has 2 rings (SSSR count). The van der Waals surface area contributed by atoms with Crippen LogP contribution >= 0.6 is 0 Å². The van der Waals surface area contributed by atoms with Crippen molar-refractivity contribution in [1.29, 1.82) is 0 Å². The van der Waals surface area contributed by atoms with Crippen LogP contribution in [0.4, 0.5) is 0 Å². The van der Waals surface area contributed by atoms with E-state index in [0.717, 1.165) is 19.6 Å². The maximum Gasteiger partial charge on any atom is 0.0707 e. The van der Waals surface area contributed by atoms with Gasteiger partial charge in [-0.15, -0.1) is 0 Å². The van der Waals surface area contributed by atoms with Crippen molar-refractivity contribution in [1.82, 2.24) is 10.2 Å². The lowest BCUT2D eigenvalue weighted by Crippen LogP contribution is -2.51. The molecular formula is C14H28N2O. The number of hydrogen-bond donors (Lipinski definition) is 1. The molecule has 3 atom stereocenters. The van der Waals surface area contributed by atoms with E-state index < -0.39 is 0 Å². The first-order valence-corrected chi connectivity index (χ1v) is 7.35. The standard InChI is InChI=1S/C14H28N2O/c1-4-12(5-2)15-8-11(3)16-9-13-6-7-14(10-16)17-13/h11-15H,4-10H2,1-3H3. The molecule has 2 aliphatic heterocycles. The summed E-state index contributed by atoms with van der Waals surface area (Å²) in [6.07, 6.45) is 6.05. The summed E-state index contributed by atoms with van der Waals surface area (Å²) in [5.41, 5.74) is 0. The Morgan fingerprint density at radius 1 is 1.18 bits per heavy atom. The van der Waals surface area contributed by atoms with E-state index in [1.807, 2.05) is 0 Å². The van der Waals surface area contributed by atoms with Crippen LogP contribution in [-0.2, 0) is 4.74 Å². The van der Waals surface area contributed by atoms with Crippen molar-refractivity contribution in [2.45, 2.75) is 70.7 Å². The molecule has 0 spiro atoms. The Bertz CT molecular complexity index is 218. The molecule has 1 N–H and O–H groups in total. The molecule has 0 saturated carbocycles. The van der Waals surface area contributed by atoms with Crippen LogP contribution < -0.4 is 5.32 Å². The van der Waals surface area contributed by atoms with Gasteiger partial charge in [0.2, 0.25) is 0 Å². The van der Waals surface area contributed by atoms with E-state index >= 15 is 0 Å². The van der Waals surface area contributed by atoms with Gasteiger partial charge in [-0.3, -0.25) is 4.90 Å². The van der Waals surface area contributed by atoms with Gasteiger partial charge in [0.25, 0.3) is 0 Å². The third-order valence-electron chi connectivity index (χ3n) is 4.38. The quantitative estimate of drug-likeness (QED) is 0.769. The van der Waals surface area contributed by atoms with Crippen LogP contribution in [-0.4, -0.2) is 48.8 Å². The van der Waals surface area contributed by atoms with E-state index in [0.29, 0.717) is 24.3 Å². The molecule has 3 nitrogen and oxygen atoms in total. The second-order valence-corrected chi connectivity index (χ2v) is 5.68. The van der Waals surface area contributed by atoms with Gasteiger partial charge in [0.1, 0.15) is 0 Å². The van der Waals surface area contributed by atoms with Gasteiger partial charge in [0.05, 0.1) is 12.2 Å². The van der Waals surface area contributed by atoms with Crippen LogP contribution in [0.3, 0.4) is 0 Å². The molecule has 0 amide bonds. The molecule has 100 valence electrons. The van der Waals surface area contributed by atoms with E-state index in [2.05, 4.69) is 31.0 Å². The second kappa shape index (κ2) is 6.17. The molecule has 2 heterocycles. The van der Waals surface area contributed by atoms with Crippen molar-refractivity contribution in [2.24, 2.45) is 0 Å². The van der Waals surface area contributed by atoms with Gasteiger partial charge < -0.3 is 10.1 Å². The number of nitrogens with zero attached hydrogens (tertiary/aromatic N) is 1. The van der Waals surface area contributed by atoms with Crippen LogP contribution in [0.2, 0.25) is 0 Å². The predicted octanol–water partition coefficient (Wildman–Crippen LogP) is 2.02. The van der Waals surface area contributed by atoms with Crippen LogP contribution in [0.25, 0.3) is 0 Å². The van der Waals surface area contributed by atoms with Crippen molar-refractivity contribution in [2.75, 3.05) is 19.6 Å².